The standard InChI is InChI=1S/C22H29N3O3/c1-5-28-22(27)19-15(4)17-10-6-7-11-18(17)24-20(19)25-12-8-9-16(13-25)23-21(26)14(2)3/h6-7,10-11,14,16H,5,8-9,12-13H2,1-4H3,(H,23,26). The molecule has 150 valence electrons. The molecule has 1 aliphatic heterocycles. The third kappa shape index (κ3) is 4.11. The predicted molar refractivity (Wildman–Crippen MR) is 111 cm³/mol. The summed E-state index contributed by atoms with van der Waals surface area (Å²) in [5.74, 6) is 0.311. The van der Waals surface area contributed by atoms with Crippen molar-refractivity contribution in [2.24, 2.45) is 5.92 Å². The van der Waals surface area contributed by atoms with Crippen molar-refractivity contribution in [2.75, 3.05) is 24.6 Å². The number of rotatable bonds is 5. The minimum absolute atomic E-state index is 0.0484. The van der Waals surface area contributed by atoms with Crippen LogP contribution < -0.4 is 10.2 Å². The summed E-state index contributed by atoms with van der Waals surface area (Å²) in [4.78, 5) is 31.8. The van der Waals surface area contributed by atoms with Crippen LogP contribution in [0.1, 0.15) is 49.5 Å². The number of aryl methyl sites for hydroxylation is 1. The van der Waals surface area contributed by atoms with Crippen LogP contribution in [0, 0.1) is 12.8 Å². The molecule has 0 radical (unpaired) electrons. The minimum Gasteiger partial charge on any atom is -0.462 e. The highest BCUT2D eigenvalue weighted by Gasteiger charge is 2.28. The van der Waals surface area contributed by atoms with Gasteiger partial charge in [0.25, 0.3) is 0 Å². The Kier molecular flexibility index (Phi) is 6.17. The third-order valence-electron chi connectivity index (χ3n) is 5.20. The van der Waals surface area contributed by atoms with E-state index in [1.165, 1.54) is 0 Å². The largest absolute Gasteiger partial charge is 0.462 e. The Morgan fingerprint density at radius 2 is 2.07 bits per heavy atom. The van der Waals surface area contributed by atoms with Gasteiger partial charge < -0.3 is 15.0 Å². The van der Waals surface area contributed by atoms with Gasteiger partial charge in [0.15, 0.2) is 0 Å². The van der Waals surface area contributed by atoms with Gasteiger partial charge in [-0.3, -0.25) is 4.79 Å². The van der Waals surface area contributed by atoms with E-state index in [2.05, 4.69) is 10.2 Å². The predicted octanol–water partition coefficient (Wildman–Crippen LogP) is 3.46. The normalized spacial score (nSPS) is 17.0. The second kappa shape index (κ2) is 8.59. The Bertz CT molecular complexity index is 879. The van der Waals surface area contributed by atoms with Gasteiger partial charge in [-0.25, -0.2) is 9.78 Å². The lowest BCUT2D eigenvalue weighted by Gasteiger charge is -2.35. The van der Waals surface area contributed by atoms with Crippen LogP contribution in [0.5, 0.6) is 0 Å². The molecule has 1 aromatic carbocycles. The highest BCUT2D eigenvalue weighted by Crippen LogP contribution is 2.31. The molecule has 0 aliphatic carbocycles. The Balaban J connectivity index is 1.99. The number of benzene rings is 1. The van der Waals surface area contributed by atoms with E-state index in [0.717, 1.165) is 35.9 Å². The van der Waals surface area contributed by atoms with Crippen LogP contribution in [-0.2, 0) is 9.53 Å². The number of esters is 1. The number of para-hydroxylation sites is 1. The highest BCUT2D eigenvalue weighted by atomic mass is 16.5. The lowest BCUT2D eigenvalue weighted by atomic mass is 10.0. The van der Waals surface area contributed by atoms with E-state index in [1.54, 1.807) is 6.92 Å². The van der Waals surface area contributed by atoms with E-state index in [0.29, 0.717) is 24.5 Å². The van der Waals surface area contributed by atoms with Gasteiger partial charge in [-0.2, -0.15) is 0 Å². The van der Waals surface area contributed by atoms with Crippen LogP contribution in [0.3, 0.4) is 0 Å². The Morgan fingerprint density at radius 1 is 1.32 bits per heavy atom. The van der Waals surface area contributed by atoms with Crippen LogP contribution in [-0.4, -0.2) is 42.6 Å². The molecule has 0 saturated carbocycles. The number of fused-ring (bicyclic) bond motifs is 1. The smallest absolute Gasteiger partial charge is 0.342 e. The zero-order valence-electron chi connectivity index (χ0n) is 17.1. The van der Waals surface area contributed by atoms with E-state index in [-0.39, 0.29) is 23.8 Å². The van der Waals surface area contributed by atoms with Crippen LogP contribution in [0.15, 0.2) is 24.3 Å². The van der Waals surface area contributed by atoms with Crippen molar-refractivity contribution in [1.29, 1.82) is 0 Å². The van der Waals surface area contributed by atoms with Gasteiger partial charge in [-0.05, 0) is 38.3 Å². The number of pyridine rings is 1. The van der Waals surface area contributed by atoms with E-state index in [9.17, 15) is 9.59 Å². The molecule has 1 saturated heterocycles. The van der Waals surface area contributed by atoms with Crippen LogP contribution >= 0.6 is 0 Å². The first-order chi connectivity index (χ1) is 13.4. The average molecular weight is 383 g/mol. The summed E-state index contributed by atoms with van der Waals surface area (Å²) in [6.07, 6.45) is 1.86. The van der Waals surface area contributed by atoms with Crippen molar-refractivity contribution in [3.63, 3.8) is 0 Å². The number of piperidine rings is 1. The van der Waals surface area contributed by atoms with Crippen LogP contribution in [0.2, 0.25) is 0 Å². The van der Waals surface area contributed by atoms with E-state index in [1.807, 2.05) is 45.0 Å². The van der Waals surface area contributed by atoms with Crippen LogP contribution in [0.25, 0.3) is 10.9 Å². The van der Waals surface area contributed by atoms with Gasteiger partial charge in [0.1, 0.15) is 11.4 Å². The number of hydrogen-bond donors (Lipinski definition) is 1. The van der Waals surface area contributed by atoms with Crippen LogP contribution in [0.4, 0.5) is 5.82 Å². The maximum atomic E-state index is 12.8. The number of anilines is 1. The molecule has 28 heavy (non-hydrogen) atoms. The van der Waals surface area contributed by atoms with Crippen molar-refractivity contribution < 1.29 is 14.3 Å². The topological polar surface area (TPSA) is 71.5 Å². The first-order valence-electron chi connectivity index (χ1n) is 10.0. The highest BCUT2D eigenvalue weighted by molar-refractivity contribution is 6.02. The van der Waals surface area contributed by atoms with Gasteiger partial charge in [0, 0.05) is 30.4 Å². The van der Waals surface area contributed by atoms with Crippen molar-refractivity contribution in [3.05, 3.63) is 35.4 Å². The van der Waals surface area contributed by atoms with E-state index in [4.69, 9.17) is 9.72 Å². The monoisotopic (exact) mass is 383 g/mol. The first kappa shape index (κ1) is 20.1. The van der Waals surface area contributed by atoms with E-state index >= 15 is 0 Å². The number of hydrogen-bond acceptors (Lipinski definition) is 5. The molecular formula is C22H29N3O3. The minimum atomic E-state index is -0.346. The Hall–Kier alpha value is -2.63. The molecule has 2 heterocycles. The Labute approximate surface area is 166 Å². The fourth-order valence-electron chi connectivity index (χ4n) is 3.69. The zero-order valence-corrected chi connectivity index (χ0v) is 17.1. The number of amides is 1. The SMILES string of the molecule is CCOC(=O)c1c(N2CCCC(NC(=O)C(C)C)C2)nc2ccccc2c1C. The number of carbonyl (C=O) groups is 2. The van der Waals surface area contributed by atoms with Gasteiger partial charge in [0.05, 0.1) is 12.1 Å². The number of aromatic nitrogens is 1. The molecule has 2 aromatic rings. The summed E-state index contributed by atoms with van der Waals surface area (Å²) in [6, 6.07) is 7.88. The maximum Gasteiger partial charge on any atom is 0.342 e. The fourth-order valence-corrected chi connectivity index (χ4v) is 3.69. The number of carbonyl (C=O) groups excluding carboxylic acids is 2. The summed E-state index contributed by atoms with van der Waals surface area (Å²) >= 11 is 0. The van der Waals surface area contributed by atoms with Crippen molar-refractivity contribution in [2.45, 2.75) is 46.6 Å². The lowest BCUT2D eigenvalue weighted by Crippen LogP contribution is -2.49. The molecule has 0 spiro atoms. The average Bonchev–Trinajstić information content (AvgIpc) is 2.68. The number of nitrogens with one attached hydrogen (secondary N) is 1. The van der Waals surface area contributed by atoms with Crippen molar-refractivity contribution >= 4 is 28.6 Å². The molecule has 6 heteroatoms. The summed E-state index contributed by atoms with van der Waals surface area (Å²) in [5.41, 5.74) is 2.26. The second-order valence-corrected chi connectivity index (χ2v) is 7.62. The molecule has 0 bridgehead atoms. The molecule has 1 aromatic heterocycles. The summed E-state index contributed by atoms with van der Waals surface area (Å²) < 4.78 is 5.34. The number of ether oxygens (including phenoxy) is 1. The maximum absolute atomic E-state index is 12.8. The Morgan fingerprint density at radius 3 is 2.79 bits per heavy atom. The second-order valence-electron chi connectivity index (χ2n) is 7.62. The molecule has 1 N–H and O–H groups in total. The molecule has 6 nitrogen and oxygen atoms in total. The van der Waals surface area contributed by atoms with Gasteiger partial charge in [-0.1, -0.05) is 32.0 Å². The van der Waals surface area contributed by atoms with Crippen molar-refractivity contribution in [1.82, 2.24) is 10.3 Å². The van der Waals surface area contributed by atoms with Gasteiger partial charge >= 0.3 is 5.97 Å². The fraction of sp³-hybridized carbons (Fsp3) is 0.500. The molecular weight excluding hydrogens is 354 g/mol. The molecule has 3 rings (SSSR count). The van der Waals surface area contributed by atoms with Crippen molar-refractivity contribution in [3.8, 4) is 0 Å². The third-order valence-corrected chi connectivity index (χ3v) is 5.20. The molecule has 1 amide bonds. The molecule has 1 fully saturated rings. The first-order valence-corrected chi connectivity index (χ1v) is 10.0. The van der Waals surface area contributed by atoms with Gasteiger partial charge in [-0.15, -0.1) is 0 Å². The van der Waals surface area contributed by atoms with Gasteiger partial charge in [0.2, 0.25) is 5.91 Å². The van der Waals surface area contributed by atoms with E-state index < -0.39 is 0 Å². The quantitative estimate of drug-likeness (QED) is 0.801. The zero-order chi connectivity index (χ0) is 20.3. The molecule has 1 aliphatic rings. The number of nitrogens with zero attached hydrogens (tertiary/aromatic N) is 2. The lowest BCUT2D eigenvalue weighted by molar-refractivity contribution is -0.124. The summed E-state index contributed by atoms with van der Waals surface area (Å²) in [6.45, 7) is 9.28. The summed E-state index contributed by atoms with van der Waals surface area (Å²) in [5, 5.41) is 4.07. The summed E-state index contributed by atoms with van der Waals surface area (Å²) in [7, 11) is 0. The molecule has 1 unspecified atom stereocenters. The molecule has 1 atom stereocenters.